The lowest BCUT2D eigenvalue weighted by atomic mass is 10.1. The van der Waals surface area contributed by atoms with E-state index in [1.54, 1.807) is 12.1 Å². The predicted molar refractivity (Wildman–Crippen MR) is 82.7 cm³/mol. The fraction of sp³-hybridized carbons (Fsp3) is 0.562. The number of phenols is 1. The van der Waals surface area contributed by atoms with Gasteiger partial charge in [-0.15, -0.1) is 0 Å². The summed E-state index contributed by atoms with van der Waals surface area (Å²) in [6, 6.07) is 5.04. The summed E-state index contributed by atoms with van der Waals surface area (Å²) in [7, 11) is 0. The second kappa shape index (κ2) is 11.6. The number of amides is 1. The number of hydrogen-bond donors (Lipinski definition) is 2. The van der Waals surface area contributed by atoms with Gasteiger partial charge in [-0.2, -0.15) is 0 Å². The van der Waals surface area contributed by atoms with E-state index < -0.39 is 0 Å². The van der Waals surface area contributed by atoms with Crippen LogP contribution in [0.1, 0.15) is 57.5 Å². The average Bonchev–Trinajstić information content (AvgIpc) is 2.40. The third-order valence-electron chi connectivity index (χ3n) is 2.07. The van der Waals surface area contributed by atoms with Gasteiger partial charge in [0.1, 0.15) is 5.75 Å². The fourth-order valence-corrected chi connectivity index (χ4v) is 1.23. The van der Waals surface area contributed by atoms with Crippen LogP contribution in [0.2, 0.25) is 0 Å². The van der Waals surface area contributed by atoms with Gasteiger partial charge in [-0.05, 0) is 30.5 Å². The lowest BCUT2D eigenvalue weighted by molar-refractivity contribution is 0.0946. The Balaban J connectivity index is 0. The van der Waals surface area contributed by atoms with Crippen LogP contribution >= 0.6 is 0 Å². The minimum atomic E-state index is -0.221. The Morgan fingerprint density at radius 1 is 1.21 bits per heavy atom. The molecule has 0 saturated carbocycles. The number of hydrogen-bond acceptors (Lipinski definition) is 2. The number of carbonyl (C=O) groups is 1. The molecule has 19 heavy (non-hydrogen) atoms. The molecule has 0 atom stereocenters. The Hall–Kier alpha value is -1.51. The topological polar surface area (TPSA) is 49.3 Å². The van der Waals surface area contributed by atoms with Gasteiger partial charge >= 0.3 is 0 Å². The van der Waals surface area contributed by atoms with Crippen LogP contribution in [-0.2, 0) is 0 Å². The van der Waals surface area contributed by atoms with E-state index in [2.05, 4.69) is 5.32 Å². The molecule has 1 aromatic carbocycles. The quantitative estimate of drug-likeness (QED) is 0.864. The van der Waals surface area contributed by atoms with Crippen molar-refractivity contribution >= 4 is 5.91 Å². The van der Waals surface area contributed by atoms with Gasteiger partial charge in [-0.3, -0.25) is 4.79 Å². The third kappa shape index (κ3) is 8.25. The molecule has 0 spiro atoms. The summed E-state index contributed by atoms with van der Waals surface area (Å²) in [6.07, 6.45) is 0. The van der Waals surface area contributed by atoms with Gasteiger partial charge < -0.3 is 10.4 Å². The molecule has 0 aliphatic rings. The second-order valence-electron chi connectivity index (χ2n) is 4.12. The van der Waals surface area contributed by atoms with E-state index in [0.717, 1.165) is 5.56 Å². The van der Waals surface area contributed by atoms with E-state index in [9.17, 15) is 9.90 Å². The fourth-order valence-electron chi connectivity index (χ4n) is 1.23. The molecule has 0 aliphatic heterocycles. The molecule has 3 nitrogen and oxygen atoms in total. The monoisotopic (exact) mass is 267 g/mol. The van der Waals surface area contributed by atoms with Crippen LogP contribution in [-0.4, -0.2) is 17.6 Å². The summed E-state index contributed by atoms with van der Waals surface area (Å²) in [6.45, 7) is 14.5. The minimum Gasteiger partial charge on any atom is -0.507 e. The Bertz CT molecular complexity index is 360. The molecule has 0 radical (unpaired) electrons. The highest BCUT2D eigenvalue weighted by Gasteiger charge is 2.10. The Morgan fingerprint density at radius 3 is 2.16 bits per heavy atom. The number of nitrogens with one attached hydrogen (secondary N) is 1. The van der Waals surface area contributed by atoms with Gasteiger partial charge in [0, 0.05) is 6.54 Å². The Labute approximate surface area is 118 Å². The van der Waals surface area contributed by atoms with E-state index in [0.29, 0.717) is 18.0 Å². The molecule has 0 unspecified atom stereocenters. The number of carbonyl (C=O) groups excluding carboxylic acids is 1. The zero-order valence-electron chi connectivity index (χ0n) is 13.4. The Morgan fingerprint density at radius 2 is 1.74 bits per heavy atom. The maximum Gasteiger partial charge on any atom is 0.255 e. The van der Waals surface area contributed by atoms with Crippen LogP contribution in [0.4, 0.5) is 0 Å². The van der Waals surface area contributed by atoms with E-state index in [1.807, 2.05) is 54.5 Å². The van der Waals surface area contributed by atoms with Crippen molar-refractivity contribution < 1.29 is 9.90 Å². The molecule has 3 heteroatoms. The molecular formula is C16H29NO2. The number of rotatable bonds is 3. The maximum absolute atomic E-state index is 11.6. The standard InChI is InChI=1S/C12H17NO2.2C2H6/c1-8(2)7-13-12(15)10-5-4-9(3)6-11(10)14;2*1-2/h4-6,8,14H,7H2,1-3H3,(H,13,15);2*1-2H3. The third-order valence-corrected chi connectivity index (χ3v) is 2.07. The number of phenolic OH excluding ortho intramolecular Hbond substituents is 1. The van der Waals surface area contributed by atoms with Crippen molar-refractivity contribution in [3.05, 3.63) is 29.3 Å². The highest BCUT2D eigenvalue weighted by atomic mass is 16.3. The van der Waals surface area contributed by atoms with Crippen LogP contribution in [0.5, 0.6) is 5.75 Å². The predicted octanol–water partition coefficient (Wildman–Crippen LogP) is 4.14. The molecular weight excluding hydrogens is 238 g/mol. The van der Waals surface area contributed by atoms with Crippen molar-refractivity contribution in [2.75, 3.05) is 6.54 Å². The summed E-state index contributed by atoms with van der Waals surface area (Å²) < 4.78 is 0. The van der Waals surface area contributed by atoms with E-state index in [1.165, 1.54) is 0 Å². The molecule has 1 aromatic rings. The van der Waals surface area contributed by atoms with Crippen molar-refractivity contribution in [1.82, 2.24) is 5.32 Å². The highest BCUT2D eigenvalue weighted by Crippen LogP contribution is 2.18. The first-order chi connectivity index (χ1) is 9.00. The van der Waals surface area contributed by atoms with Crippen LogP contribution < -0.4 is 5.32 Å². The summed E-state index contributed by atoms with van der Waals surface area (Å²) in [5.74, 6) is 0.221. The zero-order chi connectivity index (χ0) is 15.4. The largest absolute Gasteiger partial charge is 0.507 e. The molecule has 110 valence electrons. The number of benzene rings is 1. The second-order valence-corrected chi connectivity index (χ2v) is 4.12. The maximum atomic E-state index is 11.6. The summed E-state index contributed by atoms with van der Waals surface area (Å²) in [5.41, 5.74) is 1.27. The number of aryl methyl sites for hydroxylation is 1. The first-order valence-electron chi connectivity index (χ1n) is 7.08. The smallest absolute Gasteiger partial charge is 0.255 e. The first kappa shape index (κ1) is 19.8. The SMILES string of the molecule is CC.CC.Cc1ccc(C(=O)NCC(C)C)c(O)c1. The van der Waals surface area contributed by atoms with Crippen LogP contribution in [0, 0.1) is 12.8 Å². The van der Waals surface area contributed by atoms with Crippen LogP contribution in [0.3, 0.4) is 0 Å². The summed E-state index contributed by atoms with van der Waals surface area (Å²) in [5, 5.41) is 12.3. The van der Waals surface area contributed by atoms with Gasteiger partial charge in [0.25, 0.3) is 5.91 Å². The van der Waals surface area contributed by atoms with Crippen molar-refractivity contribution in [3.8, 4) is 5.75 Å². The molecule has 2 N–H and O–H groups in total. The van der Waals surface area contributed by atoms with Gasteiger partial charge in [0.05, 0.1) is 5.56 Å². The molecule has 0 bridgehead atoms. The molecule has 0 fully saturated rings. The Kier molecular flexibility index (Phi) is 12.1. The van der Waals surface area contributed by atoms with Gasteiger partial charge in [-0.1, -0.05) is 47.6 Å². The van der Waals surface area contributed by atoms with Crippen molar-refractivity contribution in [1.29, 1.82) is 0 Å². The van der Waals surface area contributed by atoms with E-state index in [4.69, 9.17) is 0 Å². The lowest BCUT2D eigenvalue weighted by Gasteiger charge is -2.09. The average molecular weight is 267 g/mol. The lowest BCUT2D eigenvalue weighted by Crippen LogP contribution is -2.27. The van der Waals surface area contributed by atoms with Crippen molar-refractivity contribution in [3.63, 3.8) is 0 Å². The molecule has 0 aromatic heterocycles. The molecule has 0 saturated heterocycles. The molecule has 1 rings (SSSR count). The highest BCUT2D eigenvalue weighted by molar-refractivity contribution is 5.96. The van der Waals surface area contributed by atoms with E-state index in [-0.39, 0.29) is 11.7 Å². The van der Waals surface area contributed by atoms with Gasteiger partial charge in [-0.25, -0.2) is 0 Å². The number of aromatic hydroxyl groups is 1. The van der Waals surface area contributed by atoms with Gasteiger partial charge in [0.2, 0.25) is 0 Å². The van der Waals surface area contributed by atoms with Crippen LogP contribution in [0.25, 0.3) is 0 Å². The van der Waals surface area contributed by atoms with Gasteiger partial charge in [0.15, 0.2) is 0 Å². The van der Waals surface area contributed by atoms with Crippen LogP contribution in [0.15, 0.2) is 18.2 Å². The molecule has 0 heterocycles. The molecule has 0 aliphatic carbocycles. The summed E-state index contributed by atoms with van der Waals surface area (Å²) in [4.78, 5) is 11.6. The minimum absolute atomic E-state index is 0.0382. The zero-order valence-corrected chi connectivity index (χ0v) is 13.4. The molecule has 1 amide bonds. The summed E-state index contributed by atoms with van der Waals surface area (Å²) >= 11 is 0. The first-order valence-corrected chi connectivity index (χ1v) is 7.08. The van der Waals surface area contributed by atoms with E-state index >= 15 is 0 Å². The van der Waals surface area contributed by atoms with Crippen molar-refractivity contribution in [2.45, 2.75) is 48.5 Å². The van der Waals surface area contributed by atoms with Crippen molar-refractivity contribution in [2.24, 2.45) is 5.92 Å². The normalized spacial score (nSPS) is 8.84.